The zero-order valence-corrected chi connectivity index (χ0v) is 19.9. The smallest absolute Gasteiger partial charge is 0.315 e. The summed E-state index contributed by atoms with van der Waals surface area (Å²) in [4.78, 5) is 46.4. The molecule has 0 heterocycles. The van der Waals surface area contributed by atoms with E-state index in [0.717, 1.165) is 24.0 Å². The van der Waals surface area contributed by atoms with Crippen LogP contribution in [0.25, 0.3) is 0 Å². The van der Waals surface area contributed by atoms with Crippen LogP contribution in [0.5, 0.6) is 11.5 Å². The lowest BCUT2D eigenvalue weighted by Gasteiger charge is -2.27. The van der Waals surface area contributed by atoms with E-state index in [0.29, 0.717) is 24.3 Å². The normalized spacial score (nSPS) is 17.9. The Bertz CT molecular complexity index is 1070. The minimum absolute atomic E-state index is 0.197. The van der Waals surface area contributed by atoms with Gasteiger partial charge in [-0.15, -0.1) is 0 Å². The third-order valence-electron chi connectivity index (χ3n) is 6.53. The molecule has 2 unspecified atom stereocenters. The summed E-state index contributed by atoms with van der Waals surface area (Å²) in [5, 5.41) is 18.1. The van der Waals surface area contributed by atoms with Crippen molar-refractivity contribution in [2.75, 3.05) is 0 Å². The highest BCUT2D eigenvalue weighted by Crippen LogP contribution is 2.35. The molecular formula is C27H30O8. The molecule has 0 radical (unpaired) electrons. The number of carbonyl (C=O) groups excluding carboxylic acids is 2. The fourth-order valence-electron chi connectivity index (χ4n) is 4.34. The summed E-state index contributed by atoms with van der Waals surface area (Å²) in [6, 6.07) is 14.1. The average Bonchev–Trinajstić information content (AvgIpc) is 2.83. The number of aliphatic carboxylic acids is 2. The zero-order chi connectivity index (χ0) is 25.6. The van der Waals surface area contributed by atoms with Crippen LogP contribution in [0.2, 0.25) is 0 Å². The lowest BCUT2D eigenvalue weighted by molar-refractivity contribution is -0.154. The molecule has 2 atom stereocenters. The van der Waals surface area contributed by atoms with Crippen LogP contribution < -0.4 is 9.47 Å². The van der Waals surface area contributed by atoms with Crippen LogP contribution in [0.1, 0.15) is 63.5 Å². The number of carbonyl (C=O) groups is 4. The van der Waals surface area contributed by atoms with E-state index in [4.69, 9.17) is 14.6 Å². The first-order valence-corrected chi connectivity index (χ1v) is 11.7. The van der Waals surface area contributed by atoms with Crippen LogP contribution in [0.4, 0.5) is 0 Å². The van der Waals surface area contributed by atoms with Gasteiger partial charge in [0.2, 0.25) is 0 Å². The van der Waals surface area contributed by atoms with Gasteiger partial charge in [-0.25, -0.2) is 0 Å². The summed E-state index contributed by atoms with van der Waals surface area (Å²) in [5.74, 6) is -3.74. The number of hydrogen-bond donors (Lipinski definition) is 2. The molecule has 3 rings (SSSR count). The maximum Gasteiger partial charge on any atom is 0.315 e. The Morgan fingerprint density at radius 3 is 1.74 bits per heavy atom. The Balaban J connectivity index is 1.64. The van der Waals surface area contributed by atoms with Crippen molar-refractivity contribution in [3.05, 3.63) is 59.7 Å². The van der Waals surface area contributed by atoms with Gasteiger partial charge < -0.3 is 19.7 Å². The Kier molecular flexibility index (Phi) is 8.27. The molecule has 0 saturated heterocycles. The first-order valence-electron chi connectivity index (χ1n) is 11.7. The fraction of sp³-hybridized carbons (Fsp3) is 0.407. The predicted molar refractivity (Wildman–Crippen MR) is 126 cm³/mol. The number of carboxylic acid groups (broad SMARTS) is 2. The Morgan fingerprint density at radius 2 is 1.26 bits per heavy atom. The summed E-state index contributed by atoms with van der Waals surface area (Å²) in [5.41, 5.74) is 1.51. The number of esters is 2. The van der Waals surface area contributed by atoms with Gasteiger partial charge in [0, 0.05) is 5.41 Å². The molecule has 1 aliphatic rings. The fourth-order valence-corrected chi connectivity index (χ4v) is 4.34. The highest BCUT2D eigenvalue weighted by atomic mass is 16.5. The first kappa shape index (κ1) is 25.9. The van der Waals surface area contributed by atoms with Gasteiger partial charge in [0.15, 0.2) is 0 Å². The molecular weight excluding hydrogens is 452 g/mol. The van der Waals surface area contributed by atoms with E-state index < -0.39 is 41.1 Å². The van der Waals surface area contributed by atoms with Crippen LogP contribution in [0.3, 0.4) is 0 Å². The molecule has 2 aromatic rings. The van der Waals surface area contributed by atoms with Crippen molar-refractivity contribution in [3.63, 3.8) is 0 Å². The van der Waals surface area contributed by atoms with Crippen molar-refractivity contribution in [1.29, 1.82) is 0 Å². The lowest BCUT2D eigenvalue weighted by atomic mass is 9.78. The van der Waals surface area contributed by atoms with E-state index in [1.165, 1.54) is 0 Å². The molecule has 8 nitrogen and oxygen atoms in total. The largest absolute Gasteiger partial charge is 0.481 e. The zero-order valence-electron chi connectivity index (χ0n) is 19.9. The molecule has 186 valence electrons. The van der Waals surface area contributed by atoms with E-state index in [9.17, 15) is 24.3 Å². The summed E-state index contributed by atoms with van der Waals surface area (Å²) in [7, 11) is 0. The standard InChI is InChI=1S/C27H30O8/c1-27(2,17-7-11-19(12-8-17)34-24(30)16-15-23(28)29)18-9-13-20(14-10-18)35-26(33)22-6-4-3-5-21(22)25(31)32/h7-14,21-22H,3-6,15-16H2,1-2H3,(H,28,29)(H,31,32). The Morgan fingerprint density at radius 1 is 0.771 bits per heavy atom. The van der Waals surface area contributed by atoms with Crippen molar-refractivity contribution < 1.29 is 38.9 Å². The van der Waals surface area contributed by atoms with Crippen molar-refractivity contribution in [2.24, 2.45) is 11.8 Å². The van der Waals surface area contributed by atoms with Crippen LogP contribution in [0, 0.1) is 11.8 Å². The molecule has 0 bridgehead atoms. The second kappa shape index (κ2) is 11.2. The maximum absolute atomic E-state index is 12.6. The molecule has 35 heavy (non-hydrogen) atoms. The number of ether oxygens (including phenoxy) is 2. The van der Waals surface area contributed by atoms with E-state index >= 15 is 0 Å². The average molecular weight is 483 g/mol. The van der Waals surface area contributed by atoms with Crippen LogP contribution in [-0.2, 0) is 24.6 Å². The monoisotopic (exact) mass is 482 g/mol. The van der Waals surface area contributed by atoms with E-state index in [2.05, 4.69) is 0 Å². The van der Waals surface area contributed by atoms with Gasteiger partial charge in [0.25, 0.3) is 0 Å². The van der Waals surface area contributed by atoms with Crippen molar-refractivity contribution in [1.82, 2.24) is 0 Å². The highest BCUT2D eigenvalue weighted by Gasteiger charge is 2.37. The molecule has 2 N–H and O–H groups in total. The van der Waals surface area contributed by atoms with Crippen LogP contribution in [-0.4, -0.2) is 34.1 Å². The van der Waals surface area contributed by atoms with Gasteiger partial charge in [-0.3, -0.25) is 19.2 Å². The lowest BCUT2D eigenvalue weighted by Crippen LogP contribution is -2.35. The number of rotatable bonds is 9. The van der Waals surface area contributed by atoms with Crippen LogP contribution in [0.15, 0.2) is 48.5 Å². The molecule has 2 aromatic carbocycles. The molecule has 1 fully saturated rings. The van der Waals surface area contributed by atoms with Gasteiger partial charge in [-0.05, 0) is 48.2 Å². The Hall–Kier alpha value is -3.68. The minimum atomic E-state index is -1.06. The molecule has 0 aromatic heterocycles. The molecule has 0 spiro atoms. The number of hydrogen-bond acceptors (Lipinski definition) is 6. The molecule has 0 amide bonds. The summed E-state index contributed by atoms with van der Waals surface area (Å²) in [6.45, 7) is 4.06. The minimum Gasteiger partial charge on any atom is -0.481 e. The van der Waals surface area contributed by atoms with E-state index in [1.807, 2.05) is 38.1 Å². The van der Waals surface area contributed by atoms with Crippen LogP contribution >= 0.6 is 0 Å². The molecule has 8 heteroatoms. The molecule has 1 aliphatic carbocycles. The molecule has 0 aliphatic heterocycles. The number of benzene rings is 2. The van der Waals surface area contributed by atoms with E-state index in [1.54, 1.807) is 24.3 Å². The summed E-state index contributed by atoms with van der Waals surface area (Å²) < 4.78 is 10.7. The quantitative estimate of drug-likeness (QED) is 0.393. The molecule has 1 saturated carbocycles. The van der Waals surface area contributed by atoms with Crippen molar-refractivity contribution in [2.45, 2.75) is 57.8 Å². The summed E-state index contributed by atoms with van der Waals surface area (Å²) >= 11 is 0. The number of carboxylic acids is 2. The van der Waals surface area contributed by atoms with Gasteiger partial charge in [-0.1, -0.05) is 51.0 Å². The van der Waals surface area contributed by atoms with Gasteiger partial charge >= 0.3 is 23.9 Å². The highest BCUT2D eigenvalue weighted by molar-refractivity contribution is 5.82. The van der Waals surface area contributed by atoms with Gasteiger partial charge in [0.05, 0.1) is 24.7 Å². The predicted octanol–water partition coefficient (Wildman–Crippen LogP) is 4.58. The SMILES string of the molecule is CC(C)(c1ccc(OC(=O)CCC(=O)O)cc1)c1ccc(OC(=O)C2CCCCC2C(=O)O)cc1. The van der Waals surface area contributed by atoms with Gasteiger partial charge in [0.1, 0.15) is 11.5 Å². The third kappa shape index (κ3) is 6.68. The second-order valence-electron chi connectivity index (χ2n) is 9.30. The summed E-state index contributed by atoms with van der Waals surface area (Å²) in [6.07, 6.45) is 2.15. The Labute approximate surface area is 203 Å². The van der Waals surface area contributed by atoms with Crippen molar-refractivity contribution in [3.8, 4) is 11.5 Å². The maximum atomic E-state index is 12.6. The van der Waals surface area contributed by atoms with E-state index in [-0.39, 0.29) is 12.8 Å². The topological polar surface area (TPSA) is 127 Å². The van der Waals surface area contributed by atoms with Gasteiger partial charge in [-0.2, -0.15) is 0 Å². The third-order valence-corrected chi connectivity index (χ3v) is 6.53. The first-order chi connectivity index (χ1) is 16.6. The second-order valence-corrected chi connectivity index (χ2v) is 9.30. The van der Waals surface area contributed by atoms with Crippen molar-refractivity contribution >= 4 is 23.9 Å².